The van der Waals surface area contributed by atoms with Gasteiger partial charge in [0, 0.05) is 17.8 Å². The van der Waals surface area contributed by atoms with Crippen molar-refractivity contribution in [3.63, 3.8) is 0 Å². The Balaban J connectivity index is 3.81. The zero-order valence-corrected chi connectivity index (χ0v) is 8.82. The Hall–Kier alpha value is -0.240. The van der Waals surface area contributed by atoms with Crippen molar-refractivity contribution in [3.8, 4) is 0 Å². The molecule has 0 fully saturated rings. The van der Waals surface area contributed by atoms with Gasteiger partial charge in [-0.05, 0) is 12.8 Å². The third kappa shape index (κ3) is 3.96. The van der Waals surface area contributed by atoms with Crippen LogP contribution in [0.25, 0.3) is 0 Å². The topological polar surface area (TPSA) is 29.1 Å². The van der Waals surface area contributed by atoms with Crippen LogP contribution in [0, 0.1) is 5.92 Å². The van der Waals surface area contributed by atoms with E-state index < -0.39 is 0 Å². The number of carbonyl (C=O) groups excluding carboxylic acids is 1. The number of rotatable bonds is 5. The molecule has 1 unspecified atom stereocenters. The van der Waals surface area contributed by atoms with Crippen LogP contribution in [0.5, 0.6) is 0 Å². The van der Waals surface area contributed by atoms with E-state index in [0.717, 1.165) is 12.8 Å². The van der Waals surface area contributed by atoms with Crippen LogP contribution in [0.4, 0.5) is 0 Å². The standard InChI is InChI=1S/C9H18ClNO/c1-4-8(5-2)11-9(12)7(3)6-10/h7-8H,4-6H2,1-3H3,(H,11,12). The highest BCUT2D eigenvalue weighted by Gasteiger charge is 2.13. The number of amides is 1. The Labute approximate surface area is 79.7 Å². The van der Waals surface area contributed by atoms with Gasteiger partial charge in [0.15, 0.2) is 0 Å². The highest BCUT2D eigenvalue weighted by Crippen LogP contribution is 2.01. The van der Waals surface area contributed by atoms with Gasteiger partial charge in [-0.3, -0.25) is 4.79 Å². The van der Waals surface area contributed by atoms with Crippen LogP contribution in [0.2, 0.25) is 0 Å². The highest BCUT2D eigenvalue weighted by atomic mass is 35.5. The van der Waals surface area contributed by atoms with E-state index in [1.807, 2.05) is 6.92 Å². The molecular formula is C9H18ClNO. The summed E-state index contributed by atoms with van der Waals surface area (Å²) >= 11 is 5.56. The molecule has 0 saturated heterocycles. The van der Waals surface area contributed by atoms with Crippen LogP contribution in [0.1, 0.15) is 33.6 Å². The minimum atomic E-state index is -0.0766. The molecule has 0 aliphatic heterocycles. The molecule has 1 N–H and O–H groups in total. The first kappa shape index (κ1) is 11.8. The molecule has 1 amide bonds. The summed E-state index contributed by atoms with van der Waals surface area (Å²) in [4.78, 5) is 11.3. The lowest BCUT2D eigenvalue weighted by Gasteiger charge is -2.16. The Morgan fingerprint density at radius 1 is 1.42 bits per heavy atom. The lowest BCUT2D eigenvalue weighted by atomic mass is 10.1. The number of hydrogen-bond acceptors (Lipinski definition) is 1. The zero-order valence-electron chi connectivity index (χ0n) is 8.06. The molecule has 0 aromatic heterocycles. The van der Waals surface area contributed by atoms with Crippen LogP contribution in [0.3, 0.4) is 0 Å². The predicted molar refractivity (Wildman–Crippen MR) is 52.4 cm³/mol. The van der Waals surface area contributed by atoms with E-state index in [9.17, 15) is 4.79 Å². The van der Waals surface area contributed by atoms with Crippen LogP contribution in [-0.2, 0) is 4.79 Å². The molecule has 0 radical (unpaired) electrons. The molecule has 0 spiro atoms. The maximum Gasteiger partial charge on any atom is 0.224 e. The fraction of sp³-hybridized carbons (Fsp3) is 0.889. The van der Waals surface area contributed by atoms with E-state index in [-0.39, 0.29) is 11.8 Å². The fourth-order valence-corrected chi connectivity index (χ4v) is 1.05. The van der Waals surface area contributed by atoms with Crippen LogP contribution < -0.4 is 5.32 Å². The van der Waals surface area contributed by atoms with Gasteiger partial charge in [0.2, 0.25) is 5.91 Å². The molecule has 0 rings (SSSR count). The van der Waals surface area contributed by atoms with Crippen molar-refractivity contribution in [1.29, 1.82) is 0 Å². The molecule has 0 bridgehead atoms. The van der Waals surface area contributed by atoms with E-state index in [0.29, 0.717) is 11.9 Å². The van der Waals surface area contributed by atoms with Crippen molar-refractivity contribution in [2.75, 3.05) is 5.88 Å². The molecule has 0 aromatic rings. The van der Waals surface area contributed by atoms with Gasteiger partial charge in [-0.1, -0.05) is 20.8 Å². The van der Waals surface area contributed by atoms with Crippen LogP contribution in [0.15, 0.2) is 0 Å². The van der Waals surface area contributed by atoms with Gasteiger partial charge in [0.05, 0.1) is 0 Å². The summed E-state index contributed by atoms with van der Waals surface area (Å²) in [5, 5.41) is 2.94. The average molecular weight is 192 g/mol. The first-order valence-electron chi connectivity index (χ1n) is 4.52. The van der Waals surface area contributed by atoms with Crippen molar-refractivity contribution < 1.29 is 4.79 Å². The monoisotopic (exact) mass is 191 g/mol. The molecule has 1 atom stereocenters. The molecule has 0 heterocycles. The first-order valence-corrected chi connectivity index (χ1v) is 5.05. The number of alkyl halides is 1. The highest BCUT2D eigenvalue weighted by molar-refractivity contribution is 6.19. The second kappa shape index (κ2) is 6.30. The summed E-state index contributed by atoms with van der Waals surface area (Å²) < 4.78 is 0. The summed E-state index contributed by atoms with van der Waals surface area (Å²) in [5.41, 5.74) is 0. The van der Waals surface area contributed by atoms with E-state index >= 15 is 0 Å². The number of nitrogens with one attached hydrogen (secondary N) is 1. The van der Waals surface area contributed by atoms with Crippen molar-refractivity contribution in [2.24, 2.45) is 5.92 Å². The van der Waals surface area contributed by atoms with E-state index in [2.05, 4.69) is 19.2 Å². The second-order valence-corrected chi connectivity index (χ2v) is 3.39. The molecule has 0 saturated carbocycles. The first-order chi connectivity index (χ1) is 5.65. The van der Waals surface area contributed by atoms with Gasteiger partial charge in [-0.2, -0.15) is 0 Å². The van der Waals surface area contributed by atoms with Crippen molar-refractivity contribution in [2.45, 2.75) is 39.7 Å². The second-order valence-electron chi connectivity index (χ2n) is 3.08. The summed E-state index contributed by atoms with van der Waals surface area (Å²) in [6, 6.07) is 0.308. The summed E-state index contributed by atoms with van der Waals surface area (Å²) in [7, 11) is 0. The molecule has 12 heavy (non-hydrogen) atoms. The quantitative estimate of drug-likeness (QED) is 0.664. The molecule has 0 aromatic carbocycles. The Morgan fingerprint density at radius 2 is 1.92 bits per heavy atom. The van der Waals surface area contributed by atoms with Crippen LogP contribution in [-0.4, -0.2) is 17.8 Å². The normalized spacial score (nSPS) is 13.1. The van der Waals surface area contributed by atoms with Gasteiger partial charge in [-0.15, -0.1) is 11.6 Å². The molecule has 0 aliphatic rings. The Bertz CT molecular complexity index is 134. The zero-order chi connectivity index (χ0) is 9.56. The SMILES string of the molecule is CCC(CC)NC(=O)C(C)CCl. The minimum Gasteiger partial charge on any atom is -0.353 e. The van der Waals surface area contributed by atoms with Gasteiger partial charge >= 0.3 is 0 Å². The molecule has 2 nitrogen and oxygen atoms in total. The van der Waals surface area contributed by atoms with Crippen molar-refractivity contribution >= 4 is 17.5 Å². The van der Waals surface area contributed by atoms with E-state index in [1.165, 1.54) is 0 Å². The molecule has 0 aliphatic carbocycles. The lowest BCUT2D eigenvalue weighted by Crippen LogP contribution is -2.37. The van der Waals surface area contributed by atoms with Gasteiger partial charge in [0.25, 0.3) is 0 Å². The Kier molecular flexibility index (Phi) is 6.17. The van der Waals surface area contributed by atoms with E-state index in [1.54, 1.807) is 0 Å². The smallest absolute Gasteiger partial charge is 0.224 e. The molecular weight excluding hydrogens is 174 g/mol. The lowest BCUT2D eigenvalue weighted by molar-refractivity contribution is -0.124. The van der Waals surface area contributed by atoms with Gasteiger partial charge in [0.1, 0.15) is 0 Å². The number of carbonyl (C=O) groups is 1. The largest absolute Gasteiger partial charge is 0.353 e. The summed E-state index contributed by atoms with van der Waals surface area (Å²) in [5.74, 6) is 0.386. The summed E-state index contributed by atoms with van der Waals surface area (Å²) in [6.07, 6.45) is 1.97. The third-order valence-electron chi connectivity index (χ3n) is 2.01. The Morgan fingerprint density at radius 3 is 2.25 bits per heavy atom. The number of halogens is 1. The molecule has 72 valence electrons. The van der Waals surface area contributed by atoms with Gasteiger partial charge in [-0.25, -0.2) is 0 Å². The molecule has 3 heteroatoms. The van der Waals surface area contributed by atoms with Crippen LogP contribution >= 0.6 is 11.6 Å². The maximum atomic E-state index is 11.3. The summed E-state index contributed by atoms with van der Waals surface area (Å²) in [6.45, 7) is 5.98. The predicted octanol–water partition coefficient (Wildman–Crippen LogP) is 2.17. The average Bonchev–Trinajstić information content (AvgIpc) is 2.12. The number of hydrogen-bond donors (Lipinski definition) is 1. The van der Waals surface area contributed by atoms with Gasteiger partial charge < -0.3 is 5.32 Å². The van der Waals surface area contributed by atoms with Crippen molar-refractivity contribution in [1.82, 2.24) is 5.32 Å². The van der Waals surface area contributed by atoms with Crippen molar-refractivity contribution in [3.05, 3.63) is 0 Å². The third-order valence-corrected chi connectivity index (χ3v) is 2.47. The van der Waals surface area contributed by atoms with E-state index in [4.69, 9.17) is 11.6 Å². The minimum absolute atomic E-state index is 0.0682. The maximum absolute atomic E-state index is 11.3. The fourth-order valence-electron chi connectivity index (χ4n) is 0.906.